The van der Waals surface area contributed by atoms with E-state index in [1.54, 1.807) is 0 Å². The van der Waals surface area contributed by atoms with Crippen LogP contribution in [0.15, 0.2) is 0 Å². The number of hydrogen-bond donors (Lipinski definition) is 9. The summed E-state index contributed by atoms with van der Waals surface area (Å²) in [6.07, 6.45) is 0. The molecule has 0 unspecified atom stereocenters. The quantitative estimate of drug-likeness (QED) is 0.0896. The summed E-state index contributed by atoms with van der Waals surface area (Å²) in [5.41, 5.74) is 5.44. The predicted octanol–water partition coefficient (Wildman–Crippen LogP) is -4.05. The lowest BCUT2D eigenvalue weighted by Crippen LogP contribution is -2.58. The highest BCUT2D eigenvalue weighted by Gasteiger charge is 2.28. The van der Waals surface area contributed by atoms with Crippen LogP contribution in [0.4, 0.5) is 0 Å². The Morgan fingerprint density at radius 1 is 0.390 bits per heavy atom. The lowest BCUT2D eigenvalue weighted by atomic mass is 10.2. The van der Waals surface area contributed by atoms with E-state index in [1.165, 1.54) is 55.4 Å². The molecule has 0 rings (SSSR count). The van der Waals surface area contributed by atoms with E-state index in [1.807, 2.05) is 0 Å². The SMILES string of the molecule is C[C@@H](N)C(=O)N[C@H](C)C(=O)N[C@H](C)C(=O)N[C@H](C)C(=O)N[C@H](C)C(=O)N[C@H](C)C(=O)N[C@H](C)C(=O)N[C@H](C)C(=O)O. The Bertz CT molecular complexity index is 1020. The number of amides is 7. The molecule has 41 heavy (non-hydrogen) atoms. The maximum absolute atomic E-state index is 12.5. The zero-order valence-electron chi connectivity index (χ0n) is 24.4. The average Bonchev–Trinajstić information content (AvgIpc) is 2.87. The van der Waals surface area contributed by atoms with Crippen LogP contribution in [-0.2, 0) is 38.4 Å². The third-order valence-electron chi connectivity index (χ3n) is 5.66. The van der Waals surface area contributed by atoms with E-state index < -0.39 is 95.7 Å². The first-order chi connectivity index (χ1) is 18.8. The van der Waals surface area contributed by atoms with Gasteiger partial charge in [-0.1, -0.05) is 0 Å². The Kier molecular flexibility index (Phi) is 15.0. The van der Waals surface area contributed by atoms with E-state index in [2.05, 4.69) is 37.2 Å². The fourth-order valence-electron chi connectivity index (χ4n) is 2.83. The molecule has 0 aromatic heterocycles. The topological polar surface area (TPSA) is 267 Å². The smallest absolute Gasteiger partial charge is 0.325 e. The van der Waals surface area contributed by atoms with Crippen LogP contribution >= 0.6 is 0 Å². The summed E-state index contributed by atoms with van der Waals surface area (Å²) in [6.45, 7) is 10.9. The summed E-state index contributed by atoms with van der Waals surface area (Å²) in [7, 11) is 0. The van der Waals surface area contributed by atoms with Gasteiger partial charge in [-0.25, -0.2) is 0 Å². The lowest BCUT2D eigenvalue weighted by Gasteiger charge is -2.23. The Labute approximate surface area is 237 Å². The van der Waals surface area contributed by atoms with Crippen LogP contribution in [-0.4, -0.2) is 101 Å². The van der Waals surface area contributed by atoms with Crippen LogP contribution in [0.3, 0.4) is 0 Å². The number of hydrogen-bond acceptors (Lipinski definition) is 9. The fraction of sp³-hybridized carbons (Fsp3) is 0.667. The Morgan fingerprint density at radius 3 is 0.732 bits per heavy atom. The molecule has 0 fully saturated rings. The van der Waals surface area contributed by atoms with Crippen LogP contribution in [0.5, 0.6) is 0 Å². The molecule has 8 atom stereocenters. The van der Waals surface area contributed by atoms with Crippen molar-refractivity contribution < 1.29 is 43.5 Å². The second kappa shape index (κ2) is 16.7. The molecule has 0 aromatic carbocycles. The molecule has 0 bridgehead atoms. The second-order valence-electron chi connectivity index (χ2n) is 9.74. The highest BCUT2D eigenvalue weighted by Crippen LogP contribution is 1.95. The van der Waals surface area contributed by atoms with Gasteiger partial charge >= 0.3 is 5.97 Å². The maximum Gasteiger partial charge on any atom is 0.325 e. The number of nitrogens with one attached hydrogen (secondary N) is 7. The highest BCUT2D eigenvalue weighted by molar-refractivity contribution is 5.96. The molecule has 7 amide bonds. The highest BCUT2D eigenvalue weighted by atomic mass is 16.4. The van der Waals surface area contributed by atoms with Crippen molar-refractivity contribution in [2.45, 2.75) is 104 Å². The van der Waals surface area contributed by atoms with Gasteiger partial charge in [-0.15, -0.1) is 0 Å². The van der Waals surface area contributed by atoms with E-state index in [9.17, 15) is 38.4 Å². The number of rotatable bonds is 15. The third kappa shape index (κ3) is 13.1. The largest absolute Gasteiger partial charge is 0.480 e. The Morgan fingerprint density at radius 2 is 0.561 bits per heavy atom. The Balaban J connectivity index is 4.77. The number of carboxylic acid groups (broad SMARTS) is 1. The van der Waals surface area contributed by atoms with Crippen molar-refractivity contribution in [3.05, 3.63) is 0 Å². The maximum atomic E-state index is 12.5. The van der Waals surface area contributed by atoms with Gasteiger partial charge in [0.25, 0.3) is 0 Å². The van der Waals surface area contributed by atoms with Gasteiger partial charge in [-0.2, -0.15) is 0 Å². The summed E-state index contributed by atoms with van der Waals surface area (Å²) in [6, 6.07) is -8.46. The summed E-state index contributed by atoms with van der Waals surface area (Å²) in [5, 5.41) is 25.3. The average molecular weight is 587 g/mol. The molecular weight excluding hydrogens is 544 g/mol. The van der Waals surface area contributed by atoms with Gasteiger partial charge in [0.2, 0.25) is 41.4 Å². The van der Waals surface area contributed by atoms with E-state index in [0.717, 1.165) is 0 Å². The van der Waals surface area contributed by atoms with Crippen LogP contribution < -0.4 is 43.0 Å². The molecule has 0 aliphatic rings. The molecule has 17 nitrogen and oxygen atoms in total. The third-order valence-corrected chi connectivity index (χ3v) is 5.66. The van der Waals surface area contributed by atoms with Gasteiger partial charge in [-0.3, -0.25) is 38.4 Å². The van der Waals surface area contributed by atoms with Crippen LogP contribution in [0, 0.1) is 0 Å². The summed E-state index contributed by atoms with van der Waals surface area (Å²) >= 11 is 0. The molecular formula is C24H42N8O9. The minimum atomic E-state index is -1.25. The van der Waals surface area contributed by atoms with E-state index in [4.69, 9.17) is 10.8 Å². The molecule has 17 heteroatoms. The van der Waals surface area contributed by atoms with Gasteiger partial charge < -0.3 is 48.1 Å². The van der Waals surface area contributed by atoms with Crippen molar-refractivity contribution in [3.8, 4) is 0 Å². The first-order valence-electron chi connectivity index (χ1n) is 12.9. The van der Waals surface area contributed by atoms with Gasteiger partial charge in [-0.05, 0) is 55.4 Å². The van der Waals surface area contributed by atoms with Crippen LogP contribution in [0.25, 0.3) is 0 Å². The van der Waals surface area contributed by atoms with Crippen molar-refractivity contribution >= 4 is 47.3 Å². The zero-order valence-corrected chi connectivity index (χ0v) is 24.4. The first kappa shape index (κ1) is 36.7. The van der Waals surface area contributed by atoms with E-state index in [-0.39, 0.29) is 0 Å². The minimum Gasteiger partial charge on any atom is -0.480 e. The summed E-state index contributed by atoms with van der Waals surface area (Å²) in [4.78, 5) is 96.4. The number of carbonyl (C=O) groups excluding carboxylic acids is 7. The molecule has 0 heterocycles. The molecule has 0 aliphatic carbocycles. The van der Waals surface area contributed by atoms with Crippen molar-refractivity contribution in [2.75, 3.05) is 0 Å². The molecule has 0 aromatic rings. The standard InChI is InChI=1S/C24H42N8O9/c1-9(25)17(33)26-10(2)18(34)27-11(3)19(35)28-12(4)20(36)29-13(5)21(37)30-14(6)22(38)31-15(7)23(39)32-16(8)24(40)41/h9-16H,25H2,1-8H3,(H,26,33)(H,27,34)(H,28,35)(H,29,36)(H,30,37)(H,31,38)(H,32,39)(H,40,41)/t9-,10-,11-,12-,13-,14-,15-,16-/m1/s1. The summed E-state index contributed by atoms with van der Waals surface area (Å²) in [5.74, 6) is -6.08. The van der Waals surface area contributed by atoms with Gasteiger partial charge in [0.15, 0.2) is 0 Å². The van der Waals surface area contributed by atoms with Gasteiger partial charge in [0, 0.05) is 0 Å². The molecule has 0 saturated heterocycles. The van der Waals surface area contributed by atoms with E-state index in [0.29, 0.717) is 0 Å². The normalized spacial score (nSPS) is 16.5. The van der Waals surface area contributed by atoms with E-state index >= 15 is 0 Å². The monoisotopic (exact) mass is 586 g/mol. The van der Waals surface area contributed by atoms with Gasteiger partial charge in [0.1, 0.15) is 42.3 Å². The number of carboxylic acids is 1. The molecule has 232 valence electrons. The zero-order chi connectivity index (χ0) is 32.2. The molecule has 0 saturated carbocycles. The number of nitrogens with two attached hydrogens (primary N) is 1. The number of carbonyl (C=O) groups is 8. The summed E-state index contributed by atoms with van der Waals surface area (Å²) < 4.78 is 0. The van der Waals surface area contributed by atoms with Crippen molar-refractivity contribution in [1.82, 2.24) is 37.2 Å². The van der Waals surface area contributed by atoms with Crippen LogP contribution in [0.2, 0.25) is 0 Å². The van der Waals surface area contributed by atoms with Crippen molar-refractivity contribution in [1.29, 1.82) is 0 Å². The second-order valence-corrected chi connectivity index (χ2v) is 9.74. The molecule has 0 aliphatic heterocycles. The first-order valence-corrected chi connectivity index (χ1v) is 12.9. The minimum absolute atomic E-state index is 0.548. The fourth-order valence-corrected chi connectivity index (χ4v) is 2.83. The van der Waals surface area contributed by atoms with Crippen molar-refractivity contribution in [2.24, 2.45) is 5.73 Å². The predicted molar refractivity (Wildman–Crippen MR) is 145 cm³/mol. The lowest BCUT2D eigenvalue weighted by molar-refractivity contribution is -0.141. The van der Waals surface area contributed by atoms with Crippen LogP contribution in [0.1, 0.15) is 55.4 Å². The molecule has 0 radical (unpaired) electrons. The Hall–Kier alpha value is -4.28. The number of aliphatic carboxylic acids is 1. The molecule has 0 spiro atoms. The van der Waals surface area contributed by atoms with Gasteiger partial charge in [0.05, 0.1) is 6.04 Å². The molecule has 10 N–H and O–H groups in total. The van der Waals surface area contributed by atoms with Crippen molar-refractivity contribution in [3.63, 3.8) is 0 Å².